The molecule has 1 saturated heterocycles. The van der Waals surface area contributed by atoms with Crippen LogP contribution >= 0.6 is 15.9 Å². The summed E-state index contributed by atoms with van der Waals surface area (Å²) in [5.41, 5.74) is 1.58. The molecular weight excluding hydrogens is 413 g/mol. The molecule has 1 heterocycles. The quantitative estimate of drug-likeness (QED) is 0.699. The fourth-order valence-corrected chi connectivity index (χ4v) is 3.83. The number of anilines is 1. The van der Waals surface area contributed by atoms with Crippen molar-refractivity contribution in [2.45, 2.75) is 18.9 Å². The largest absolute Gasteiger partial charge is 0.496 e. The van der Waals surface area contributed by atoms with Crippen molar-refractivity contribution in [1.29, 1.82) is 0 Å². The molecule has 27 heavy (non-hydrogen) atoms. The van der Waals surface area contributed by atoms with Crippen LogP contribution in [-0.4, -0.2) is 37.7 Å². The topological polar surface area (TPSA) is 53.6 Å². The van der Waals surface area contributed by atoms with E-state index in [0.29, 0.717) is 16.7 Å². The van der Waals surface area contributed by atoms with Crippen LogP contribution in [0.4, 0.5) is 14.9 Å². The van der Waals surface area contributed by atoms with E-state index < -0.39 is 0 Å². The van der Waals surface area contributed by atoms with Crippen molar-refractivity contribution in [3.8, 4) is 5.75 Å². The first kappa shape index (κ1) is 19.6. The van der Waals surface area contributed by atoms with E-state index >= 15 is 0 Å². The highest BCUT2D eigenvalue weighted by Crippen LogP contribution is 2.31. The van der Waals surface area contributed by atoms with Gasteiger partial charge in [0.1, 0.15) is 11.6 Å². The molecule has 2 aromatic rings. The molecule has 0 bridgehead atoms. The molecule has 7 heteroatoms. The van der Waals surface area contributed by atoms with Crippen LogP contribution in [0.3, 0.4) is 0 Å². The van der Waals surface area contributed by atoms with E-state index in [0.717, 1.165) is 37.2 Å². The van der Waals surface area contributed by atoms with E-state index in [1.807, 2.05) is 24.3 Å². The van der Waals surface area contributed by atoms with Gasteiger partial charge in [-0.1, -0.05) is 18.2 Å². The predicted octanol–water partition coefficient (Wildman–Crippen LogP) is 4.56. The van der Waals surface area contributed by atoms with Gasteiger partial charge in [0.2, 0.25) is 0 Å². The normalized spacial score (nSPS) is 15.4. The molecule has 1 fully saturated rings. The van der Waals surface area contributed by atoms with Gasteiger partial charge in [0.05, 0.1) is 18.8 Å². The van der Waals surface area contributed by atoms with Crippen LogP contribution in [0, 0.1) is 5.82 Å². The van der Waals surface area contributed by atoms with Crippen LogP contribution in [0.15, 0.2) is 46.9 Å². The molecule has 0 radical (unpaired) electrons. The van der Waals surface area contributed by atoms with Crippen LogP contribution in [-0.2, 0) is 0 Å². The minimum Gasteiger partial charge on any atom is -0.496 e. The summed E-state index contributed by atoms with van der Waals surface area (Å²) >= 11 is 3.26. The fourth-order valence-electron chi connectivity index (χ4n) is 3.38. The molecule has 2 amide bonds. The van der Waals surface area contributed by atoms with E-state index in [1.54, 1.807) is 7.11 Å². The van der Waals surface area contributed by atoms with E-state index in [4.69, 9.17) is 4.74 Å². The molecule has 0 aliphatic carbocycles. The molecule has 1 aliphatic rings. The third-order valence-electron chi connectivity index (χ3n) is 4.71. The smallest absolute Gasteiger partial charge is 0.319 e. The average molecular weight is 436 g/mol. The highest BCUT2D eigenvalue weighted by atomic mass is 79.9. The Hall–Kier alpha value is -2.12. The number of benzene rings is 2. The van der Waals surface area contributed by atoms with Gasteiger partial charge in [-0.05, 0) is 66.1 Å². The molecule has 0 saturated carbocycles. The zero-order valence-corrected chi connectivity index (χ0v) is 16.8. The predicted molar refractivity (Wildman–Crippen MR) is 108 cm³/mol. The number of amides is 2. The van der Waals surface area contributed by atoms with E-state index in [1.165, 1.54) is 18.2 Å². The number of halogens is 2. The number of ether oxygens (including phenoxy) is 1. The number of methoxy groups -OCH3 is 1. The van der Waals surface area contributed by atoms with Crippen molar-refractivity contribution < 1.29 is 13.9 Å². The second-order valence-corrected chi connectivity index (χ2v) is 7.31. The number of carbonyl (C=O) groups excluding carboxylic acids is 1. The minimum atomic E-state index is -0.363. The Morgan fingerprint density at radius 2 is 2.00 bits per heavy atom. The number of likely N-dealkylation sites (tertiary alicyclic amines) is 1. The van der Waals surface area contributed by atoms with E-state index in [-0.39, 0.29) is 17.9 Å². The van der Waals surface area contributed by atoms with Crippen molar-refractivity contribution in [1.82, 2.24) is 10.2 Å². The third-order valence-corrected chi connectivity index (χ3v) is 5.37. The molecule has 3 rings (SSSR count). The SMILES string of the molecule is COc1ccccc1C(CNC(=O)Nc1ccc(F)cc1Br)N1CCCC1. The molecule has 1 unspecified atom stereocenters. The van der Waals surface area contributed by atoms with Crippen molar-refractivity contribution >= 4 is 27.6 Å². The van der Waals surface area contributed by atoms with E-state index in [9.17, 15) is 9.18 Å². The monoisotopic (exact) mass is 435 g/mol. The Morgan fingerprint density at radius 1 is 1.26 bits per heavy atom. The lowest BCUT2D eigenvalue weighted by atomic mass is 10.0. The average Bonchev–Trinajstić information content (AvgIpc) is 3.19. The van der Waals surface area contributed by atoms with Crippen LogP contribution in [0.1, 0.15) is 24.4 Å². The fraction of sp³-hybridized carbons (Fsp3) is 0.350. The lowest BCUT2D eigenvalue weighted by molar-refractivity contribution is 0.224. The van der Waals surface area contributed by atoms with Gasteiger partial charge in [0, 0.05) is 16.6 Å². The Balaban J connectivity index is 1.70. The first-order valence-electron chi connectivity index (χ1n) is 8.95. The van der Waals surface area contributed by atoms with Crippen molar-refractivity contribution in [2.75, 3.05) is 32.1 Å². The van der Waals surface area contributed by atoms with Crippen molar-refractivity contribution in [2.24, 2.45) is 0 Å². The second-order valence-electron chi connectivity index (χ2n) is 6.46. The number of hydrogen-bond acceptors (Lipinski definition) is 3. The zero-order chi connectivity index (χ0) is 19.2. The molecule has 1 aliphatic heterocycles. The maximum atomic E-state index is 13.2. The number of para-hydroxylation sites is 1. The number of nitrogens with zero attached hydrogens (tertiary/aromatic N) is 1. The van der Waals surface area contributed by atoms with E-state index in [2.05, 4.69) is 31.5 Å². The number of nitrogens with one attached hydrogen (secondary N) is 2. The molecule has 5 nitrogen and oxygen atoms in total. The van der Waals surface area contributed by atoms with Crippen LogP contribution in [0.25, 0.3) is 0 Å². The zero-order valence-electron chi connectivity index (χ0n) is 15.2. The maximum Gasteiger partial charge on any atom is 0.319 e. The second kappa shape index (κ2) is 9.19. The Bertz CT molecular complexity index is 797. The number of rotatable bonds is 6. The van der Waals surface area contributed by atoms with Gasteiger partial charge in [-0.25, -0.2) is 9.18 Å². The molecule has 2 aromatic carbocycles. The summed E-state index contributed by atoms with van der Waals surface area (Å²) in [5.74, 6) is 0.455. The lowest BCUT2D eigenvalue weighted by Gasteiger charge is -2.29. The van der Waals surface area contributed by atoms with Crippen LogP contribution in [0.2, 0.25) is 0 Å². The summed E-state index contributed by atoms with van der Waals surface area (Å²) in [7, 11) is 1.66. The van der Waals surface area contributed by atoms with Gasteiger partial charge in [0.25, 0.3) is 0 Å². The Morgan fingerprint density at radius 3 is 2.70 bits per heavy atom. The molecule has 0 aromatic heterocycles. The summed E-state index contributed by atoms with van der Waals surface area (Å²) in [6.07, 6.45) is 2.31. The highest BCUT2D eigenvalue weighted by molar-refractivity contribution is 9.10. The minimum absolute atomic E-state index is 0.0334. The van der Waals surface area contributed by atoms with Gasteiger partial charge < -0.3 is 15.4 Å². The summed E-state index contributed by atoms with van der Waals surface area (Å²) in [4.78, 5) is 14.7. The molecule has 2 N–H and O–H groups in total. The lowest BCUT2D eigenvalue weighted by Crippen LogP contribution is -2.38. The first-order chi connectivity index (χ1) is 13.1. The van der Waals surface area contributed by atoms with Gasteiger partial charge in [-0.2, -0.15) is 0 Å². The number of hydrogen-bond donors (Lipinski definition) is 2. The number of urea groups is 1. The highest BCUT2D eigenvalue weighted by Gasteiger charge is 2.26. The molecular formula is C20H23BrFN3O2. The molecule has 144 valence electrons. The van der Waals surface area contributed by atoms with Crippen molar-refractivity contribution in [3.63, 3.8) is 0 Å². The summed E-state index contributed by atoms with van der Waals surface area (Å²) < 4.78 is 19.2. The van der Waals surface area contributed by atoms with Gasteiger partial charge in [-0.15, -0.1) is 0 Å². The van der Waals surface area contributed by atoms with Crippen LogP contribution < -0.4 is 15.4 Å². The summed E-state index contributed by atoms with van der Waals surface area (Å²) in [5, 5.41) is 5.69. The summed E-state index contributed by atoms with van der Waals surface area (Å²) in [6, 6.07) is 11.8. The Kier molecular flexibility index (Phi) is 6.68. The Labute approximate surface area is 167 Å². The molecule has 0 spiro atoms. The first-order valence-corrected chi connectivity index (χ1v) is 9.74. The van der Waals surface area contributed by atoms with Gasteiger partial charge in [0.15, 0.2) is 0 Å². The maximum absolute atomic E-state index is 13.2. The third kappa shape index (κ3) is 4.99. The van der Waals surface area contributed by atoms with Crippen molar-refractivity contribution in [3.05, 3.63) is 58.3 Å². The van der Waals surface area contributed by atoms with Crippen LogP contribution in [0.5, 0.6) is 5.75 Å². The summed E-state index contributed by atoms with van der Waals surface area (Å²) in [6.45, 7) is 2.44. The van der Waals surface area contributed by atoms with Gasteiger partial charge in [-0.3, -0.25) is 4.90 Å². The van der Waals surface area contributed by atoms with Gasteiger partial charge >= 0.3 is 6.03 Å². The standard InChI is InChI=1S/C20H23BrFN3O2/c1-27-19-7-3-2-6-15(19)18(25-10-4-5-11-25)13-23-20(26)24-17-9-8-14(22)12-16(17)21/h2-3,6-9,12,18H,4-5,10-11,13H2,1H3,(H2,23,24,26). The molecule has 1 atom stereocenters. The number of carbonyl (C=O) groups is 1.